The summed E-state index contributed by atoms with van der Waals surface area (Å²) < 4.78 is 7.35. The van der Waals surface area contributed by atoms with Crippen LogP contribution >= 0.6 is 0 Å². The van der Waals surface area contributed by atoms with Gasteiger partial charge in [-0.25, -0.2) is 0 Å². The second kappa shape index (κ2) is 8.67. The number of aryl methyl sites for hydroxylation is 2. The lowest BCUT2D eigenvalue weighted by atomic mass is 9.92. The molecule has 31 heavy (non-hydrogen) atoms. The van der Waals surface area contributed by atoms with Gasteiger partial charge >= 0.3 is 0 Å². The van der Waals surface area contributed by atoms with Crippen molar-refractivity contribution in [1.29, 1.82) is 0 Å². The summed E-state index contributed by atoms with van der Waals surface area (Å²) >= 11 is 0. The molecule has 1 aromatic carbocycles. The van der Waals surface area contributed by atoms with E-state index in [-0.39, 0.29) is 23.1 Å². The van der Waals surface area contributed by atoms with Crippen molar-refractivity contribution in [3.05, 3.63) is 68.6 Å². The number of hydrogen-bond acceptors (Lipinski definition) is 4. The van der Waals surface area contributed by atoms with E-state index in [1.54, 1.807) is 18.5 Å². The molecule has 4 rings (SSSR count). The van der Waals surface area contributed by atoms with E-state index in [4.69, 9.17) is 4.74 Å². The third kappa shape index (κ3) is 4.02. The van der Waals surface area contributed by atoms with E-state index in [1.807, 2.05) is 37.3 Å². The maximum absolute atomic E-state index is 13.7. The topological polar surface area (TPSA) is 80.6 Å². The van der Waals surface area contributed by atoms with Crippen molar-refractivity contribution >= 4 is 11.8 Å². The summed E-state index contributed by atoms with van der Waals surface area (Å²) in [6.45, 7) is 5.10. The molecule has 1 N–H and O–H groups in total. The van der Waals surface area contributed by atoms with Gasteiger partial charge in [-0.3, -0.25) is 14.4 Å². The van der Waals surface area contributed by atoms with Gasteiger partial charge in [0.25, 0.3) is 11.5 Å². The summed E-state index contributed by atoms with van der Waals surface area (Å²) in [6.07, 6.45) is 2.31. The Balaban J connectivity index is 1.73. The lowest BCUT2D eigenvalue weighted by molar-refractivity contribution is -0.125. The molecule has 164 valence electrons. The van der Waals surface area contributed by atoms with Crippen LogP contribution in [0.15, 0.2) is 35.1 Å². The van der Waals surface area contributed by atoms with Crippen LogP contribution in [0.5, 0.6) is 0 Å². The second-order valence-electron chi connectivity index (χ2n) is 8.43. The van der Waals surface area contributed by atoms with Crippen molar-refractivity contribution in [2.75, 3.05) is 13.7 Å². The normalized spacial score (nSPS) is 20.4. The largest absolute Gasteiger partial charge is 0.376 e. The van der Waals surface area contributed by atoms with Crippen LogP contribution in [0.3, 0.4) is 0 Å². The molecular weight excluding hydrogens is 394 g/mol. The summed E-state index contributed by atoms with van der Waals surface area (Å²) in [5, 5.41) is 2.67. The molecule has 1 saturated heterocycles. The quantitative estimate of drug-likeness (QED) is 0.815. The first-order valence-corrected chi connectivity index (χ1v) is 10.8. The Bertz CT molecular complexity index is 1070. The molecule has 2 amide bonds. The number of amides is 2. The highest BCUT2D eigenvalue weighted by Gasteiger charge is 2.36. The predicted octanol–water partition coefficient (Wildman–Crippen LogP) is 1.96. The first-order valence-electron chi connectivity index (χ1n) is 10.8. The van der Waals surface area contributed by atoms with Gasteiger partial charge in [0.2, 0.25) is 5.91 Å². The SMILES string of the molecule is CNC(=O)[C@@H]1Cc2ccccc2CN1C(=O)c1c(C)cc(C)n(C[C@H]2CCCO2)c1=O. The van der Waals surface area contributed by atoms with E-state index in [9.17, 15) is 14.4 Å². The molecule has 0 unspecified atom stereocenters. The zero-order chi connectivity index (χ0) is 22.1. The van der Waals surface area contributed by atoms with E-state index >= 15 is 0 Å². The molecule has 2 aliphatic heterocycles. The molecule has 3 heterocycles. The third-order valence-corrected chi connectivity index (χ3v) is 6.39. The number of ether oxygens (including phenoxy) is 1. The second-order valence-corrected chi connectivity index (χ2v) is 8.43. The average Bonchev–Trinajstić information content (AvgIpc) is 3.28. The summed E-state index contributed by atoms with van der Waals surface area (Å²) in [4.78, 5) is 41.3. The first kappa shape index (κ1) is 21.3. The standard InChI is InChI=1S/C24H29N3O4/c1-15-11-16(2)26(14-19-9-6-10-31-19)23(29)21(15)24(30)27-13-18-8-5-4-7-17(18)12-20(27)22(28)25-3/h4-5,7-8,11,19-20H,6,9-10,12-14H2,1-3H3,(H,25,28)/t19-,20+/m1/s1. The van der Waals surface area contributed by atoms with Gasteiger partial charge in [0.05, 0.1) is 12.6 Å². The maximum Gasteiger partial charge on any atom is 0.263 e. The number of hydrogen-bond donors (Lipinski definition) is 1. The molecular formula is C24H29N3O4. The summed E-state index contributed by atoms with van der Waals surface area (Å²) in [5.74, 6) is -0.626. The number of carbonyl (C=O) groups excluding carboxylic acids is 2. The fourth-order valence-corrected chi connectivity index (χ4v) is 4.69. The molecule has 0 radical (unpaired) electrons. The van der Waals surface area contributed by atoms with Crippen LogP contribution in [0, 0.1) is 13.8 Å². The number of pyridine rings is 1. The third-order valence-electron chi connectivity index (χ3n) is 6.39. The van der Waals surface area contributed by atoms with Gasteiger partial charge in [-0.1, -0.05) is 24.3 Å². The van der Waals surface area contributed by atoms with Crippen LogP contribution in [0.2, 0.25) is 0 Å². The molecule has 1 aromatic heterocycles. The Morgan fingerprint density at radius 3 is 2.61 bits per heavy atom. The molecule has 0 saturated carbocycles. The van der Waals surface area contributed by atoms with Gasteiger partial charge in [0.1, 0.15) is 11.6 Å². The van der Waals surface area contributed by atoms with Crippen LogP contribution in [0.1, 0.15) is 45.6 Å². The Morgan fingerprint density at radius 2 is 1.94 bits per heavy atom. The monoisotopic (exact) mass is 423 g/mol. The van der Waals surface area contributed by atoms with Crippen LogP contribution < -0.4 is 10.9 Å². The smallest absolute Gasteiger partial charge is 0.263 e. The van der Waals surface area contributed by atoms with Crippen LogP contribution in [0.4, 0.5) is 0 Å². The number of nitrogens with zero attached hydrogens (tertiary/aromatic N) is 2. The minimum absolute atomic E-state index is 0.0115. The molecule has 2 aromatic rings. The zero-order valence-electron chi connectivity index (χ0n) is 18.3. The number of carbonyl (C=O) groups is 2. The summed E-state index contributed by atoms with van der Waals surface area (Å²) in [7, 11) is 1.57. The molecule has 1 fully saturated rings. The fraction of sp³-hybridized carbons (Fsp3) is 0.458. The lowest BCUT2D eigenvalue weighted by Gasteiger charge is -2.36. The van der Waals surface area contributed by atoms with Crippen molar-refractivity contribution in [3.8, 4) is 0 Å². The zero-order valence-corrected chi connectivity index (χ0v) is 18.3. The van der Waals surface area contributed by atoms with Crippen LogP contribution in [-0.4, -0.2) is 47.1 Å². The van der Waals surface area contributed by atoms with E-state index < -0.39 is 11.9 Å². The molecule has 2 aliphatic rings. The van der Waals surface area contributed by atoms with Gasteiger partial charge in [0, 0.05) is 32.3 Å². The van der Waals surface area contributed by atoms with Crippen molar-refractivity contribution in [2.24, 2.45) is 0 Å². The van der Waals surface area contributed by atoms with E-state index in [1.165, 1.54) is 4.90 Å². The van der Waals surface area contributed by atoms with Crippen molar-refractivity contribution in [3.63, 3.8) is 0 Å². The van der Waals surface area contributed by atoms with E-state index in [0.717, 1.165) is 29.7 Å². The Kier molecular flexibility index (Phi) is 5.96. The Morgan fingerprint density at radius 1 is 1.19 bits per heavy atom. The van der Waals surface area contributed by atoms with Crippen molar-refractivity contribution < 1.29 is 14.3 Å². The van der Waals surface area contributed by atoms with Gasteiger partial charge < -0.3 is 19.5 Å². The van der Waals surface area contributed by atoms with Gasteiger partial charge in [-0.05, 0) is 49.4 Å². The number of likely N-dealkylation sites (N-methyl/N-ethyl adjacent to an activating group) is 1. The molecule has 2 atom stereocenters. The van der Waals surface area contributed by atoms with Gasteiger partial charge in [0.15, 0.2) is 0 Å². The fourth-order valence-electron chi connectivity index (χ4n) is 4.69. The number of fused-ring (bicyclic) bond motifs is 1. The number of rotatable bonds is 4. The summed E-state index contributed by atoms with van der Waals surface area (Å²) in [5.41, 5.74) is 3.31. The van der Waals surface area contributed by atoms with Crippen molar-refractivity contribution in [1.82, 2.24) is 14.8 Å². The average molecular weight is 424 g/mol. The van der Waals surface area contributed by atoms with Crippen LogP contribution in [0.25, 0.3) is 0 Å². The Labute approximate surface area is 182 Å². The van der Waals surface area contributed by atoms with E-state index in [2.05, 4.69) is 5.32 Å². The maximum atomic E-state index is 13.7. The minimum atomic E-state index is -0.654. The van der Waals surface area contributed by atoms with Crippen LogP contribution in [-0.2, 0) is 29.0 Å². The summed E-state index contributed by atoms with van der Waals surface area (Å²) in [6, 6.07) is 9.03. The van der Waals surface area contributed by atoms with E-state index in [0.29, 0.717) is 31.7 Å². The molecule has 0 aliphatic carbocycles. The van der Waals surface area contributed by atoms with Crippen molar-refractivity contribution in [2.45, 2.75) is 58.3 Å². The number of aromatic nitrogens is 1. The highest BCUT2D eigenvalue weighted by molar-refractivity contribution is 5.98. The van der Waals surface area contributed by atoms with Gasteiger partial charge in [-0.15, -0.1) is 0 Å². The van der Waals surface area contributed by atoms with Gasteiger partial charge in [-0.2, -0.15) is 0 Å². The number of benzene rings is 1. The minimum Gasteiger partial charge on any atom is -0.376 e. The molecule has 0 bridgehead atoms. The first-order chi connectivity index (χ1) is 14.9. The lowest BCUT2D eigenvalue weighted by Crippen LogP contribution is -2.53. The predicted molar refractivity (Wildman–Crippen MR) is 117 cm³/mol. The molecule has 7 heteroatoms. The molecule has 0 spiro atoms. The molecule has 7 nitrogen and oxygen atoms in total. The highest BCUT2D eigenvalue weighted by Crippen LogP contribution is 2.25. The number of nitrogens with one attached hydrogen (secondary N) is 1. The Hall–Kier alpha value is -2.93. The highest BCUT2D eigenvalue weighted by atomic mass is 16.5.